The lowest BCUT2D eigenvalue weighted by Gasteiger charge is -2.14. The van der Waals surface area contributed by atoms with Crippen LogP contribution in [0.1, 0.15) is 0 Å². The molecular formula is C57H34N4OS. The molecule has 0 bridgehead atoms. The van der Waals surface area contributed by atoms with Gasteiger partial charge in [0.15, 0.2) is 17.5 Å². The Hall–Kier alpha value is -8.19. The second kappa shape index (κ2) is 14.2. The molecule has 4 aromatic heterocycles. The van der Waals surface area contributed by atoms with Gasteiger partial charge in [-0.1, -0.05) is 146 Å². The summed E-state index contributed by atoms with van der Waals surface area (Å²) in [5.74, 6) is 1.83. The van der Waals surface area contributed by atoms with Crippen molar-refractivity contribution in [1.82, 2.24) is 19.5 Å². The molecule has 13 rings (SSSR count). The quantitative estimate of drug-likeness (QED) is 0.168. The standard InChI is InChI=1S/C57H34N4OS/c1-4-16-35(17-5-1)38-30-39(36-18-6-2-7-19-36)32-40(31-38)56-58-55(37-20-8-3-9-21-37)59-57(60-56)46-34-41(61-47-25-13-10-22-42(47)43-23-11-14-26-48(43)61)33-45-53-51(63-54(45)46)29-28-50-52(53)44-24-12-15-27-49(44)62-50/h1-34H. The zero-order valence-corrected chi connectivity index (χ0v) is 34.6. The molecule has 9 aromatic carbocycles. The summed E-state index contributed by atoms with van der Waals surface area (Å²) in [5, 5.41) is 6.92. The molecule has 13 aromatic rings. The Morgan fingerprint density at radius 2 is 0.889 bits per heavy atom. The molecule has 0 atom stereocenters. The van der Waals surface area contributed by atoms with E-state index in [0.29, 0.717) is 17.5 Å². The fourth-order valence-electron chi connectivity index (χ4n) is 9.36. The molecule has 0 radical (unpaired) electrons. The molecule has 0 saturated carbocycles. The van der Waals surface area contributed by atoms with Gasteiger partial charge in [-0.25, -0.2) is 15.0 Å². The summed E-state index contributed by atoms with van der Waals surface area (Å²) in [6, 6.07) is 72.6. The van der Waals surface area contributed by atoms with Crippen molar-refractivity contribution in [2.45, 2.75) is 0 Å². The van der Waals surface area contributed by atoms with E-state index in [1.807, 2.05) is 24.3 Å². The van der Waals surface area contributed by atoms with Crippen LogP contribution in [-0.4, -0.2) is 19.5 Å². The first-order valence-electron chi connectivity index (χ1n) is 21.1. The highest BCUT2D eigenvalue weighted by Crippen LogP contribution is 2.47. The third-order valence-electron chi connectivity index (χ3n) is 12.2. The second-order valence-corrected chi connectivity index (χ2v) is 17.0. The lowest BCUT2D eigenvalue weighted by Crippen LogP contribution is -2.02. The zero-order valence-electron chi connectivity index (χ0n) is 33.7. The van der Waals surface area contributed by atoms with Gasteiger partial charge in [0.1, 0.15) is 11.2 Å². The Balaban J connectivity index is 1.14. The number of aromatic nitrogens is 4. The Morgan fingerprint density at radius 1 is 0.365 bits per heavy atom. The summed E-state index contributed by atoms with van der Waals surface area (Å²) >= 11 is 1.77. The smallest absolute Gasteiger partial charge is 0.165 e. The Bertz CT molecular complexity index is 3800. The van der Waals surface area contributed by atoms with Crippen LogP contribution >= 0.6 is 11.3 Å². The van der Waals surface area contributed by atoms with Crippen LogP contribution in [0.4, 0.5) is 0 Å². The highest BCUT2D eigenvalue weighted by molar-refractivity contribution is 7.26. The van der Waals surface area contributed by atoms with Gasteiger partial charge in [-0.15, -0.1) is 11.3 Å². The van der Waals surface area contributed by atoms with Gasteiger partial charge < -0.3 is 8.98 Å². The SMILES string of the molecule is c1ccc(-c2cc(-c3ccccc3)cc(-c3nc(-c4ccccc4)nc(-c4cc(-n5c6ccccc6c6ccccc65)cc5c4sc4ccc6oc7ccccc7c6c45)n3)c2)cc1. The zero-order chi connectivity index (χ0) is 41.4. The molecule has 0 saturated heterocycles. The van der Waals surface area contributed by atoms with Gasteiger partial charge in [0.2, 0.25) is 0 Å². The first kappa shape index (κ1) is 35.6. The van der Waals surface area contributed by atoms with Crippen LogP contribution in [0.15, 0.2) is 211 Å². The van der Waals surface area contributed by atoms with Crippen LogP contribution in [-0.2, 0) is 0 Å². The summed E-state index contributed by atoms with van der Waals surface area (Å²) in [4.78, 5) is 16.2. The van der Waals surface area contributed by atoms with Crippen molar-refractivity contribution in [1.29, 1.82) is 0 Å². The molecule has 0 N–H and O–H groups in total. The minimum Gasteiger partial charge on any atom is -0.456 e. The number of benzene rings is 9. The maximum absolute atomic E-state index is 6.49. The monoisotopic (exact) mass is 822 g/mol. The van der Waals surface area contributed by atoms with Crippen LogP contribution < -0.4 is 0 Å². The van der Waals surface area contributed by atoms with Gasteiger partial charge >= 0.3 is 0 Å². The summed E-state index contributed by atoms with van der Waals surface area (Å²) in [7, 11) is 0. The van der Waals surface area contributed by atoms with E-state index in [2.05, 4.69) is 187 Å². The van der Waals surface area contributed by atoms with Crippen LogP contribution in [0.5, 0.6) is 0 Å². The van der Waals surface area contributed by atoms with E-state index in [1.165, 1.54) is 20.9 Å². The maximum atomic E-state index is 6.49. The molecule has 0 aliphatic heterocycles. The van der Waals surface area contributed by atoms with Crippen molar-refractivity contribution >= 4 is 75.3 Å². The summed E-state index contributed by atoms with van der Waals surface area (Å²) < 4.78 is 11.2. The topological polar surface area (TPSA) is 56.7 Å². The van der Waals surface area contributed by atoms with Crippen molar-refractivity contribution in [2.24, 2.45) is 0 Å². The number of rotatable bonds is 6. The molecule has 0 fully saturated rings. The highest BCUT2D eigenvalue weighted by Gasteiger charge is 2.23. The number of thiophene rings is 1. The predicted octanol–water partition coefficient (Wildman–Crippen LogP) is 15.6. The van der Waals surface area contributed by atoms with Crippen molar-refractivity contribution in [3.8, 4) is 62.1 Å². The molecule has 0 aliphatic carbocycles. The van der Waals surface area contributed by atoms with E-state index in [9.17, 15) is 0 Å². The normalized spacial score (nSPS) is 11.8. The Morgan fingerprint density at radius 3 is 1.54 bits per heavy atom. The molecule has 0 aliphatic rings. The molecular weight excluding hydrogens is 789 g/mol. The van der Waals surface area contributed by atoms with E-state index < -0.39 is 0 Å². The van der Waals surface area contributed by atoms with Gasteiger partial charge in [0.25, 0.3) is 0 Å². The van der Waals surface area contributed by atoms with Gasteiger partial charge in [0.05, 0.1) is 11.0 Å². The van der Waals surface area contributed by atoms with E-state index in [1.54, 1.807) is 11.3 Å². The number of furan rings is 1. The van der Waals surface area contributed by atoms with Gasteiger partial charge in [-0.05, 0) is 82.9 Å². The number of nitrogens with zero attached hydrogens (tertiary/aromatic N) is 4. The Labute approximate surface area is 365 Å². The number of hydrogen-bond donors (Lipinski definition) is 0. The highest BCUT2D eigenvalue weighted by atomic mass is 32.1. The molecule has 4 heterocycles. The molecule has 0 unspecified atom stereocenters. The molecule has 294 valence electrons. The van der Waals surface area contributed by atoms with Crippen molar-refractivity contribution in [3.63, 3.8) is 0 Å². The van der Waals surface area contributed by atoms with Gasteiger partial charge in [-0.3, -0.25) is 0 Å². The summed E-state index contributed by atoms with van der Waals surface area (Å²) in [6.45, 7) is 0. The average molecular weight is 823 g/mol. The van der Waals surface area contributed by atoms with Gasteiger partial charge in [-0.2, -0.15) is 0 Å². The van der Waals surface area contributed by atoms with E-state index in [-0.39, 0.29) is 0 Å². The van der Waals surface area contributed by atoms with E-state index in [4.69, 9.17) is 19.4 Å². The van der Waals surface area contributed by atoms with Gasteiger partial charge in [0, 0.05) is 64.1 Å². The fourth-order valence-corrected chi connectivity index (χ4v) is 10.6. The first-order chi connectivity index (χ1) is 31.2. The van der Waals surface area contributed by atoms with Crippen molar-refractivity contribution < 1.29 is 4.42 Å². The fraction of sp³-hybridized carbons (Fsp3) is 0. The minimum atomic E-state index is 0.605. The maximum Gasteiger partial charge on any atom is 0.165 e. The van der Waals surface area contributed by atoms with E-state index >= 15 is 0 Å². The third kappa shape index (κ3) is 5.80. The second-order valence-electron chi connectivity index (χ2n) is 16.0. The molecule has 6 heteroatoms. The summed E-state index contributed by atoms with van der Waals surface area (Å²) in [6.07, 6.45) is 0. The van der Waals surface area contributed by atoms with Crippen molar-refractivity contribution in [2.75, 3.05) is 0 Å². The number of hydrogen-bond acceptors (Lipinski definition) is 5. The minimum absolute atomic E-state index is 0.605. The average Bonchev–Trinajstić information content (AvgIpc) is 4.04. The lowest BCUT2D eigenvalue weighted by atomic mass is 9.96. The molecule has 63 heavy (non-hydrogen) atoms. The molecule has 0 amide bonds. The Kier molecular flexibility index (Phi) is 8.01. The largest absolute Gasteiger partial charge is 0.456 e. The third-order valence-corrected chi connectivity index (χ3v) is 13.4. The van der Waals surface area contributed by atoms with Crippen molar-refractivity contribution in [3.05, 3.63) is 206 Å². The summed E-state index contributed by atoms with van der Waals surface area (Å²) in [5.41, 5.74) is 12.2. The lowest BCUT2D eigenvalue weighted by molar-refractivity contribution is 0.669. The molecule has 0 spiro atoms. The van der Waals surface area contributed by atoms with Crippen LogP contribution in [0.2, 0.25) is 0 Å². The van der Waals surface area contributed by atoms with Crippen LogP contribution in [0, 0.1) is 0 Å². The number of para-hydroxylation sites is 3. The van der Waals surface area contributed by atoms with Crippen LogP contribution in [0.25, 0.3) is 126 Å². The van der Waals surface area contributed by atoms with E-state index in [0.717, 1.165) is 87.7 Å². The predicted molar refractivity (Wildman–Crippen MR) is 262 cm³/mol. The first-order valence-corrected chi connectivity index (χ1v) is 21.9. The molecule has 5 nitrogen and oxygen atoms in total. The number of fused-ring (bicyclic) bond motifs is 10. The van der Waals surface area contributed by atoms with Crippen LogP contribution in [0.3, 0.4) is 0 Å².